The Kier molecular flexibility index (Phi) is 3.81. The first-order valence-corrected chi connectivity index (χ1v) is 8.01. The summed E-state index contributed by atoms with van der Waals surface area (Å²) in [7, 11) is 1.76. The predicted octanol–water partition coefficient (Wildman–Crippen LogP) is 2.37. The molecule has 4 rings (SSSR count). The predicted molar refractivity (Wildman–Crippen MR) is 101 cm³/mol. The van der Waals surface area contributed by atoms with E-state index in [2.05, 4.69) is 25.6 Å². The quantitative estimate of drug-likeness (QED) is 0.633. The molecule has 0 bridgehead atoms. The van der Waals surface area contributed by atoms with Crippen molar-refractivity contribution in [2.24, 2.45) is 0 Å². The number of anilines is 2. The van der Waals surface area contributed by atoms with Crippen LogP contribution < -0.4 is 16.2 Å². The van der Waals surface area contributed by atoms with Gasteiger partial charge < -0.3 is 15.6 Å². The number of fused-ring (bicyclic) bond motifs is 1. The van der Waals surface area contributed by atoms with Crippen LogP contribution in [0.5, 0.6) is 0 Å². The van der Waals surface area contributed by atoms with Crippen LogP contribution in [0.3, 0.4) is 0 Å². The molecule has 128 valence electrons. The third kappa shape index (κ3) is 2.75. The molecule has 0 atom stereocenters. The molecule has 1 aromatic carbocycles. The van der Waals surface area contributed by atoms with Crippen LogP contribution in [-0.2, 0) is 4.79 Å². The van der Waals surface area contributed by atoms with Crippen LogP contribution in [0.2, 0.25) is 0 Å². The number of para-hydroxylation sites is 1. The zero-order valence-corrected chi connectivity index (χ0v) is 13.9. The standard InChI is InChI=1S/C19H15N5O2/c1-20-17-10-21-9-16(23-17)12-6-11(18(25)22-8-12)7-14-13-4-2-3-5-15(13)24-19(14)26/h2-10H,1H3,(H,20,23)(H,22,25)(H,24,26)/b14-7-. The Morgan fingerprint density at radius 1 is 1.15 bits per heavy atom. The van der Waals surface area contributed by atoms with Crippen LogP contribution in [0.25, 0.3) is 22.9 Å². The number of carbonyl (C=O) groups is 1. The van der Waals surface area contributed by atoms with Crippen molar-refractivity contribution >= 4 is 29.1 Å². The molecule has 0 saturated carbocycles. The monoisotopic (exact) mass is 345 g/mol. The van der Waals surface area contributed by atoms with Crippen molar-refractivity contribution in [3.8, 4) is 11.3 Å². The van der Waals surface area contributed by atoms with Crippen molar-refractivity contribution in [2.75, 3.05) is 17.7 Å². The number of nitrogens with zero attached hydrogens (tertiary/aromatic N) is 2. The Morgan fingerprint density at radius 2 is 2.00 bits per heavy atom. The van der Waals surface area contributed by atoms with Gasteiger partial charge in [0.05, 0.1) is 18.1 Å². The highest BCUT2D eigenvalue weighted by Crippen LogP contribution is 2.32. The molecule has 1 amide bonds. The number of aromatic amines is 1. The van der Waals surface area contributed by atoms with Crippen LogP contribution in [0.4, 0.5) is 11.5 Å². The topological polar surface area (TPSA) is 99.8 Å². The summed E-state index contributed by atoms with van der Waals surface area (Å²) in [5.41, 5.74) is 3.38. The van der Waals surface area contributed by atoms with Crippen molar-refractivity contribution < 1.29 is 4.79 Å². The number of hydrogen-bond donors (Lipinski definition) is 3. The Bertz CT molecular complexity index is 1100. The van der Waals surface area contributed by atoms with Gasteiger partial charge in [-0.15, -0.1) is 0 Å². The average Bonchev–Trinajstić information content (AvgIpc) is 2.99. The van der Waals surface area contributed by atoms with Gasteiger partial charge in [-0.3, -0.25) is 14.6 Å². The van der Waals surface area contributed by atoms with Crippen molar-refractivity contribution in [3.63, 3.8) is 0 Å². The highest BCUT2D eigenvalue weighted by molar-refractivity contribution is 6.34. The maximum atomic E-state index is 12.3. The number of carbonyl (C=O) groups excluding carboxylic acids is 1. The molecule has 3 aromatic rings. The molecule has 0 aliphatic carbocycles. The van der Waals surface area contributed by atoms with Gasteiger partial charge in [-0.05, 0) is 18.2 Å². The van der Waals surface area contributed by atoms with Crippen LogP contribution >= 0.6 is 0 Å². The lowest BCUT2D eigenvalue weighted by molar-refractivity contribution is -0.110. The van der Waals surface area contributed by atoms with E-state index < -0.39 is 0 Å². The molecule has 0 fully saturated rings. The number of nitrogens with one attached hydrogen (secondary N) is 3. The summed E-state index contributed by atoms with van der Waals surface area (Å²) in [6.45, 7) is 0. The third-order valence-corrected chi connectivity index (χ3v) is 4.13. The second-order valence-electron chi connectivity index (χ2n) is 5.77. The Labute approximate surface area is 148 Å². The van der Waals surface area contributed by atoms with Crippen LogP contribution in [0, 0.1) is 0 Å². The van der Waals surface area contributed by atoms with Gasteiger partial charge in [0.1, 0.15) is 5.82 Å². The first-order valence-electron chi connectivity index (χ1n) is 8.01. The fourth-order valence-electron chi connectivity index (χ4n) is 2.82. The Hall–Kier alpha value is -3.74. The molecule has 3 heterocycles. The second-order valence-corrected chi connectivity index (χ2v) is 5.77. The van der Waals surface area contributed by atoms with E-state index in [-0.39, 0.29) is 11.5 Å². The van der Waals surface area contributed by atoms with E-state index >= 15 is 0 Å². The van der Waals surface area contributed by atoms with Crippen molar-refractivity contribution in [3.05, 3.63) is 70.4 Å². The molecule has 0 unspecified atom stereocenters. The summed E-state index contributed by atoms with van der Waals surface area (Å²) < 4.78 is 0. The minimum Gasteiger partial charge on any atom is -0.372 e. The van der Waals surface area contributed by atoms with E-state index in [1.807, 2.05) is 24.3 Å². The lowest BCUT2D eigenvalue weighted by Crippen LogP contribution is -2.10. The minimum absolute atomic E-state index is 0.229. The van der Waals surface area contributed by atoms with Gasteiger partial charge in [0, 0.05) is 41.2 Å². The van der Waals surface area contributed by atoms with Gasteiger partial charge in [0.2, 0.25) is 0 Å². The van der Waals surface area contributed by atoms with Crippen LogP contribution in [0.15, 0.2) is 53.7 Å². The van der Waals surface area contributed by atoms with Crippen molar-refractivity contribution in [1.82, 2.24) is 15.0 Å². The van der Waals surface area contributed by atoms with Gasteiger partial charge in [0.15, 0.2) is 0 Å². The summed E-state index contributed by atoms with van der Waals surface area (Å²) in [6, 6.07) is 9.07. The molecule has 7 nitrogen and oxygen atoms in total. The molecule has 7 heteroatoms. The summed E-state index contributed by atoms with van der Waals surface area (Å²) in [6.07, 6.45) is 6.40. The summed E-state index contributed by atoms with van der Waals surface area (Å²) in [5, 5.41) is 5.73. The zero-order chi connectivity index (χ0) is 18.1. The maximum Gasteiger partial charge on any atom is 0.256 e. The van der Waals surface area contributed by atoms with Crippen molar-refractivity contribution in [1.29, 1.82) is 0 Å². The second kappa shape index (κ2) is 6.29. The van der Waals surface area contributed by atoms with Gasteiger partial charge in [0.25, 0.3) is 11.5 Å². The zero-order valence-electron chi connectivity index (χ0n) is 13.9. The fourth-order valence-corrected chi connectivity index (χ4v) is 2.82. The molecule has 1 aliphatic rings. The van der Waals surface area contributed by atoms with Crippen LogP contribution in [-0.4, -0.2) is 27.9 Å². The number of amides is 1. The van der Waals surface area contributed by atoms with E-state index in [9.17, 15) is 9.59 Å². The largest absolute Gasteiger partial charge is 0.372 e. The normalized spacial score (nSPS) is 14.2. The fraction of sp³-hybridized carbons (Fsp3) is 0.0526. The summed E-state index contributed by atoms with van der Waals surface area (Å²) >= 11 is 0. The molecule has 1 aliphatic heterocycles. The highest BCUT2D eigenvalue weighted by Gasteiger charge is 2.23. The van der Waals surface area contributed by atoms with E-state index in [1.54, 1.807) is 37.8 Å². The molecule has 26 heavy (non-hydrogen) atoms. The third-order valence-electron chi connectivity index (χ3n) is 4.13. The van der Waals surface area contributed by atoms with Gasteiger partial charge in [-0.1, -0.05) is 18.2 Å². The number of hydrogen-bond acceptors (Lipinski definition) is 5. The molecule has 2 aromatic heterocycles. The Balaban J connectivity index is 1.81. The van der Waals surface area contributed by atoms with E-state index in [0.717, 1.165) is 11.3 Å². The number of H-pyrrole nitrogens is 1. The SMILES string of the molecule is CNc1cncc(-c2c[nH]c(=O)c(/C=C3\C(=O)Nc4ccccc43)c2)n1. The van der Waals surface area contributed by atoms with E-state index in [1.165, 1.54) is 0 Å². The first kappa shape index (κ1) is 15.8. The smallest absolute Gasteiger partial charge is 0.256 e. The average molecular weight is 345 g/mol. The number of rotatable bonds is 3. The summed E-state index contributed by atoms with van der Waals surface area (Å²) in [5.74, 6) is 0.394. The maximum absolute atomic E-state index is 12.3. The minimum atomic E-state index is -0.281. The molecule has 0 saturated heterocycles. The molecular weight excluding hydrogens is 330 g/mol. The lowest BCUT2D eigenvalue weighted by atomic mass is 10.0. The summed E-state index contributed by atoms with van der Waals surface area (Å²) in [4.78, 5) is 35.8. The van der Waals surface area contributed by atoms with Crippen LogP contribution in [0.1, 0.15) is 11.1 Å². The van der Waals surface area contributed by atoms with Crippen molar-refractivity contribution in [2.45, 2.75) is 0 Å². The van der Waals surface area contributed by atoms with E-state index in [0.29, 0.717) is 28.2 Å². The number of pyridine rings is 1. The first-order chi connectivity index (χ1) is 12.7. The molecule has 0 radical (unpaired) electrons. The number of benzene rings is 1. The molecule has 3 N–H and O–H groups in total. The highest BCUT2D eigenvalue weighted by atomic mass is 16.2. The molecule has 0 spiro atoms. The van der Waals surface area contributed by atoms with Gasteiger partial charge >= 0.3 is 0 Å². The molecular formula is C19H15N5O2. The lowest BCUT2D eigenvalue weighted by Gasteiger charge is -2.04. The Morgan fingerprint density at radius 3 is 2.85 bits per heavy atom. The van der Waals surface area contributed by atoms with Gasteiger partial charge in [-0.2, -0.15) is 0 Å². The van der Waals surface area contributed by atoms with E-state index in [4.69, 9.17) is 0 Å². The van der Waals surface area contributed by atoms with Gasteiger partial charge in [-0.25, -0.2) is 4.98 Å². The number of aromatic nitrogens is 3.